The van der Waals surface area contributed by atoms with Gasteiger partial charge >= 0.3 is 15.2 Å². The molecule has 10 heteroatoms. The second-order valence-corrected chi connectivity index (χ2v) is 9.71. The first-order valence-corrected chi connectivity index (χ1v) is 11.4. The van der Waals surface area contributed by atoms with Gasteiger partial charge in [0.05, 0.1) is 12.3 Å². The van der Waals surface area contributed by atoms with E-state index in [1.807, 2.05) is 0 Å². The molecule has 6 nitrogen and oxygen atoms in total. The molecule has 4 N–H and O–H groups in total. The molecule has 0 saturated heterocycles. The summed E-state index contributed by atoms with van der Waals surface area (Å²) in [6, 6.07) is 0. The van der Waals surface area contributed by atoms with Crippen LogP contribution >= 0.6 is 38.7 Å². The van der Waals surface area contributed by atoms with Gasteiger partial charge in [0.25, 0.3) is 0 Å². The molecule has 18 heavy (non-hydrogen) atoms. The third kappa shape index (κ3) is 17.0. The Hall–Kier alpha value is 1.000. The van der Waals surface area contributed by atoms with E-state index >= 15 is 0 Å². The summed E-state index contributed by atoms with van der Waals surface area (Å²) >= 11 is 3.28. The maximum Gasteiger partial charge on any atom is 0.325 e. The van der Waals surface area contributed by atoms with Crippen molar-refractivity contribution >= 4 is 38.7 Å². The van der Waals surface area contributed by atoms with Gasteiger partial charge in [-0.15, -0.1) is 0 Å². The van der Waals surface area contributed by atoms with Crippen LogP contribution in [0.5, 0.6) is 0 Å². The summed E-state index contributed by atoms with van der Waals surface area (Å²) in [6.07, 6.45) is 0.903. The van der Waals surface area contributed by atoms with E-state index in [0.29, 0.717) is 12.8 Å². The lowest BCUT2D eigenvalue weighted by molar-refractivity contribution is 0.370. The standard InChI is InChI=1S/C8H20O6P2S2/c9-15(10,11)3-1-5-17-7-8-18-6-2-4-16(12,13)14/h1-8H2,(H2,9,10,11)(H2,12,13,14). The lowest BCUT2D eigenvalue weighted by atomic mass is 10.6. The van der Waals surface area contributed by atoms with Crippen molar-refractivity contribution in [3.8, 4) is 0 Å². The molecule has 110 valence electrons. The molecule has 0 heterocycles. The predicted molar refractivity (Wildman–Crippen MR) is 77.7 cm³/mol. The summed E-state index contributed by atoms with van der Waals surface area (Å²) in [5.41, 5.74) is 0. The van der Waals surface area contributed by atoms with E-state index in [9.17, 15) is 9.13 Å². The molecule has 0 aliphatic rings. The van der Waals surface area contributed by atoms with Gasteiger partial charge in [0.2, 0.25) is 0 Å². The Morgan fingerprint density at radius 3 is 1.28 bits per heavy atom. The van der Waals surface area contributed by atoms with Crippen LogP contribution in [0.1, 0.15) is 12.8 Å². The van der Waals surface area contributed by atoms with Gasteiger partial charge in [-0.1, -0.05) is 0 Å². The largest absolute Gasteiger partial charge is 0.325 e. The maximum atomic E-state index is 10.5. The van der Waals surface area contributed by atoms with Crippen molar-refractivity contribution in [2.45, 2.75) is 12.8 Å². The van der Waals surface area contributed by atoms with Gasteiger partial charge in [0.1, 0.15) is 0 Å². The van der Waals surface area contributed by atoms with Crippen molar-refractivity contribution in [3.05, 3.63) is 0 Å². The van der Waals surface area contributed by atoms with Gasteiger partial charge in [-0.3, -0.25) is 9.13 Å². The molecule has 0 rings (SSSR count). The zero-order chi connectivity index (χ0) is 14.1. The van der Waals surface area contributed by atoms with Crippen molar-refractivity contribution in [2.75, 3.05) is 35.3 Å². The summed E-state index contributed by atoms with van der Waals surface area (Å²) in [5, 5.41) is 0. The highest BCUT2D eigenvalue weighted by atomic mass is 32.2. The van der Waals surface area contributed by atoms with Gasteiger partial charge in [0.15, 0.2) is 0 Å². The van der Waals surface area contributed by atoms with Crippen LogP contribution in [-0.4, -0.2) is 54.9 Å². The zero-order valence-electron chi connectivity index (χ0n) is 9.97. The Kier molecular flexibility index (Phi) is 10.4. The summed E-state index contributed by atoms with van der Waals surface area (Å²) in [6.45, 7) is 0. The summed E-state index contributed by atoms with van der Waals surface area (Å²) in [5.74, 6) is 3.24. The van der Waals surface area contributed by atoms with Crippen LogP contribution < -0.4 is 0 Å². The Bertz CT molecular complexity index is 272. The molecular weight excluding hydrogens is 318 g/mol. The summed E-state index contributed by atoms with van der Waals surface area (Å²) < 4.78 is 21.1. The number of rotatable bonds is 11. The highest BCUT2D eigenvalue weighted by Crippen LogP contribution is 2.36. The first kappa shape index (κ1) is 19.0. The fourth-order valence-electron chi connectivity index (χ4n) is 1.07. The quantitative estimate of drug-likeness (QED) is 0.332. The Balaban J connectivity index is 3.17. The van der Waals surface area contributed by atoms with Crippen molar-refractivity contribution in [2.24, 2.45) is 0 Å². The van der Waals surface area contributed by atoms with Crippen LogP contribution in [0.15, 0.2) is 0 Å². The monoisotopic (exact) mass is 338 g/mol. The maximum absolute atomic E-state index is 10.5. The van der Waals surface area contributed by atoms with Gasteiger partial charge < -0.3 is 19.6 Å². The second kappa shape index (κ2) is 9.83. The molecule has 0 aromatic heterocycles. The molecule has 0 bridgehead atoms. The number of hydrogen-bond donors (Lipinski definition) is 4. The van der Waals surface area contributed by atoms with Crippen LogP contribution in [0.3, 0.4) is 0 Å². The van der Waals surface area contributed by atoms with Crippen LogP contribution in [0.4, 0.5) is 0 Å². The molecule has 0 aromatic rings. The molecule has 0 aliphatic heterocycles. The zero-order valence-corrected chi connectivity index (χ0v) is 13.4. The molecule has 0 saturated carbocycles. The van der Waals surface area contributed by atoms with Gasteiger partial charge in [-0.05, 0) is 24.3 Å². The minimum absolute atomic E-state index is 0.0601. The smallest absolute Gasteiger partial charge is 0.324 e. The first-order chi connectivity index (χ1) is 8.21. The van der Waals surface area contributed by atoms with E-state index in [-0.39, 0.29) is 12.3 Å². The van der Waals surface area contributed by atoms with Crippen LogP contribution in [0.25, 0.3) is 0 Å². The summed E-state index contributed by atoms with van der Waals surface area (Å²) in [7, 11) is -7.69. The fraction of sp³-hybridized carbons (Fsp3) is 1.00. The third-order valence-corrected chi connectivity index (χ3v) is 6.04. The van der Waals surface area contributed by atoms with Gasteiger partial charge in [-0.25, -0.2) is 0 Å². The molecule has 0 amide bonds. The molecule has 0 aliphatic carbocycles. The van der Waals surface area contributed by atoms with Crippen molar-refractivity contribution in [3.63, 3.8) is 0 Å². The van der Waals surface area contributed by atoms with E-state index < -0.39 is 15.2 Å². The van der Waals surface area contributed by atoms with E-state index in [0.717, 1.165) is 23.0 Å². The van der Waals surface area contributed by atoms with E-state index in [1.165, 1.54) is 0 Å². The molecule has 0 unspecified atom stereocenters. The Morgan fingerprint density at radius 2 is 1.00 bits per heavy atom. The molecule has 0 atom stereocenters. The van der Waals surface area contributed by atoms with Crippen molar-refractivity contribution < 1.29 is 28.7 Å². The SMILES string of the molecule is O=P(O)(O)CCCSCCSCCCP(=O)(O)O. The first-order valence-electron chi connectivity index (χ1n) is 5.45. The predicted octanol–water partition coefficient (Wildman–Crippen LogP) is 1.59. The third-order valence-electron chi connectivity index (χ3n) is 1.85. The van der Waals surface area contributed by atoms with Crippen LogP contribution in [0.2, 0.25) is 0 Å². The van der Waals surface area contributed by atoms with E-state index in [1.54, 1.807) is 23.5 Å². The highest BCUT2D eigenvalue weighted by molar-refractivity contribution is 8.02. The van der Waals surface area contributed by atoms with Crippen molar-refractivity contribution in [1.82, 2.24) is 0 Å². The molecular formula is C8H20O6P2S2. The molecule has 0 radical (unpaired) electrons. The van der Waals surface area contributed by atoms with E-state index in [4.69, 9.17) is 19.6 Å². The fourth-order valence-corrected chi connectivity index (χ4v) is 4.68. The van der Waals surface area contributed by atoms with Crippen LogP contribution in [0, 0.1) is 0 Å². The van der Waals surface area contributed by atoms with Gasteiger partial charge in [-0.2, -0.15) is 23.5 Å². The molecule has 0 spiro atoms. The highest BCUT2D eigenvalue weighted by Gasteiger charge is 2.12. The summed E-state index contributed by atoms with van der Waals surface area (Å²) in [4.78, 5) is 34.5. The average molecular weight is 338 g/mol. The molecule has 0 aromatic carbocycles. The normalized spacial score (nSPS) is 12.9. The Morgan fingerprint density at radius 1 is 0.667 bits per heavy atom. The Labute approximate surface area is 116 Å². The van der Waals surface area contributed by atoms with Gasteiger partial charge in [0, 0.05) is 11.5 Å². The van der Waals surface area contributed by atoms with Crippen molar-refractivity contribution in [1.29, 1.82) is 0 Å². The average Bonchev–Trinajstić information content (AvgIpc) is 2.17. The number of hydrogen-bond acceptors (Lipinski definition) is 4. The van der Waals surface area contributed by atoms with E-state index in [2.05, 4.69) is 0 Å². The lowest BCUT2D eigenvalue weighted by Gasteiger charge is -2.05. The van der Waals surface area contributed by atoms with Crippen LogP contribution in [-0.2, 0) is 9.13 Å². The minimum Gasteiger partial charge on any atom is -0.324 e. The molecule has 0 fully saturated rings. The minimum atomic E-state index is -3.84. The lowest BCUT2D eigenvalue weighted by Crippen LogP contribution is -1.94. The topological polar surface area (TPSA) is 115 Å². The number of thioether (sulfide) groups is 2. The second-order valence-electron chi connectivity index (χ2n) is 3.71.